The van der Waals surface area contributed by atoms with E-state index in [9.17, 15) is 21.0 Å². The summed E-state index contributed by atoms with van der Waals surface area (Å²) < 4.78 is 0. The first kappa shape index (κ1) is 40.8. The van der Waals surface area contributed by atoms with Gasteiger partial charge in [-0.15, -0.1) is 0 Å². The molecular formula is C62H36N6. The highest BCUT2D eigenvalue weighted by molar-refractivity contribution is 6.26. The summed E-state index contributed by atoms with van der Waals surface area (Å²) in [6.45, 7) is 0. The molecule has 0 aliphatic heterocycles. The zero-order chi connectivity index (χ0) is 46.1. The van der Waals surface area contributed by atoms with Crippen molar-refractivity contribution >= 4 is 77.2 Å². The average Bonchev–Trinajstić information content (AvgIpc) is 3.41. The Hall–Kier alpha value is -9.98. The van der Waals surface area contributed by atoms with E-state index in [4.69, 9.17) is 0 Å². The molecule has 0 aliphatic rings. The molecule has 0 aliphatic carbocycles. The van der Waals surface area contributed by atoms with Crippen molar-refractivity contribution < 1.29 is 0 Å². The Morgan fingerprint density at radius 2 is 0.544 bits per heavy atom. The first-order valence-electron chi connectivity index (χ1n) is 22.1. The number of benzene rings is 11. The molecule has 0 spiro atoms. The molecule has 0 radical (unpaired) electrons. The van der Waals surface area contributed by atoms with E-state index >= 15 is 0 Å². The van der Waals surface area contributed by atoms with Crippen LogP contribution >= 0.6 is 0 Å². The first-order valence-corrected chi connectivity index (χ1v) is 22.1. The summed E-state index contributed by atoms with van der Waals surface area (Å²) in [5.41, 5.74) is 11.9. The number of fused-ring (bicyclic) bond motifs is 4. The highest BCUT2D eigenvalue weighted by Gasteiger charge is 2.24. The average molecular weight is 865 g/mol. The molecule has 0 aromatic heterocycles. The summed E-state index contributed by atoms with van der Waals surface area (Å²) in [7, 11) is 0. The Bertz CT molecular complexity index is 3550. The van der Waals surface area contributed by atoms with E-state index in [0.29, 0.717) is 22.3 Å². The van der Waals surface area contributed by atoms with Gasteiger partial charge < -0.3 is 9.80 Å². The zero-order valence-electron chi connectivity index (χ0n) is 36.5. The lowest BCUT2D eigenvalue weighted by Crippen LogP contribution is -2.10. The van der Waals surface area contributed by atoms with Crippen LogP contribution in [0.15, 0.2) is 218 Å². The lowest BCUT2D eigenvalue weighted by atomic mass is 9.83. The Labute approximate surface area is 393 Å². The van der Waals surface area contributed by atoms with Gasteiger partial charge in [0.1, 0.15) is 0 Å². The third-order valence-corrected chi connectivity index (χ3v) is 12.7. The van der Waals surface area contributed by atoms with Crippen LogP contribution in [0.25, 0.3) is 65.3 Å². The standard InChI is InChI=1S/C62H36N6/c63-37-41-15-23-47(24-16-41)67(48-25-17-42(38-64)18-26-48)51-32-34-58-59(35-51)61(55-13-5-9-45-7-1-3-11-53(45)55)57-33-31-52(36-60(57)62(58)56-14-6-10-46-8-2-4-12-54(46)56)68(49-27-19-43(39-65)20-28-49)50-29-21-44(40-66)22-30-50/h1-36H. The highest BCUT2D eigenvalue weighted by Crippen LogP contribution is 2.50. The van der Waals surface area contributed by atoms with Crippen molar-refractivity contribution in [1.29, 1.82) is 21.0 Å². The minimum atomic E-state index is 0.563. The summed E-state index contributed by atoms with van der Waals surface area (Å²) >= 11 is 0. The molecule has 0 fully saturated rings. The van der Waals surface area contributed by atoms with E-state index in [2.05, 4.69) is 155 Å². The van der Waals surface area contributed by atoms with Crippen LogP contribution in [-0.2, 0) is 0 Å². The van der Waals surface area contributed by atoms with Crippen molar-refractivity contribution in [3.8, 4) is 46.5 Å². The molecule has 314 valence electrons. The molecule has 0 atom stereocenters. The minimum Gasteiger partial charge on any atom is -0.310 e. The monoisotopic (exact) mass is 864 g/mol. The van der Waals surface area contributed by atoms with Crippen molar-refractivity contribution in [2.45, 2.75) is 0 Å². The lowest BCUT2D eigenvalue weighted by molar-refractivity contribution is 1.28. The third-order valence-electron chi connectivity index (χ3n) is 12.7. The summed E-state index contributed by atoms with van der Waals surface area (Å²) in [6.07, 6.45) is 0. The van der Waals surface area contributed by atoms with Gasteiger partial charge in [0, 0.05) is 34.1 Å². The molecule has 0 N–H and O–H groups in total. The van der Waals surface area contributed by atoms with Gasteiger partial charge >= 0.3 is 0 Å². The Morgan fingerprint density at radius 1 is 0.250 bits per heavy atom. The summed E-state index contributed by atoms with van der Waals surface area (Å²) in [5.74, 6) is 0. The Balaban J connectivity index is 1.28. The van der Waals surface area contributed by atoms with Gasteiger partial charge in [-0.2, -0.15) is 21.0 Å². The minimum absolute atomic E-state index is 0.563. The molecule has 0 amide bonds. The van der Waals surface area contributed by atoms with Crippen molar-refractivity contribution in [2.75, 3.05) is 9.80 Å². The van der Waals surface area contributed by atoms with Crippen LogP contribution in [0, 0.1) is 45.3 Å². The predicted molar refractivity (Wildman–Crippen MR) is 276 cm³/mol. The van der Waals surface area contributed by atoms with Crippen LogP contribution in [-0.4, -0.2) is 0 Å². The highest BCUT2D eigenvalue weighted by atomic mass is 15.1. The second-order valence-corrected chi connectivity index (χ2v) is 16.6. The summed E-state index contributed by atoms with van der Waals surface area (Å²) in [4.78, 5) is 4.35. The second kappa shape index (κ2) is 17.2. The van der Waals surface area contributed by atoms with Crippen LogP contribution in [0.4, 0.5) is 34.1 Å². The first-order chi connectivity index (χ1) is 33.5. The number of nitriles is 4. The van der Waals surface area contributed by atoms with Crippen molar-refractivity contribution in [3.63, 3.8) is 0 Å². The van der Waals surface area contributed by atoms with Gasteiger partial charge in [-0.25, -0.2) is 0 Å². The fourth-order valence-electron chi connectivity index (χ4n) is 9.58. The van der Waals surface area contributed by atoms with Crippen molar-refractivity contribution in [1.82, 2.24) is 0 Å². The van der Waals surface area contributed by atoms with Gasteiger partial charge in [-0.1, -0.05) is 97.1 Å². The number of hydrogen-bond donors (Lipinski definition) is 0. The molecule has 0 saturated heterocycles. The molecule has 11 aromatic rings. The largest absolute Gasteiger partial charge is 0.310 e. The van der Waals surface area contributed by atoms with Crippen molar-refractivity contribution in [2.24, 2.45) is 0 Å². The predicted octanol–water partition coefficient (Wildman–Crippen LogP) is 16.1. The van der Waals surface area contributed by atoms with Crippen LogP contribution in [0.1, 0.15) is 22.3 Å². The quantitative estimate of drug-likeness (QED) is 0.141. The molecule has 6 heteroatoms. The normalized spacial score (nSPS) is 10.9. The number of nitrogens with zero attached hydrogens (tertiary/aromatic N) is 6. The van der Waals surface area contributed by atoms with Gasteiger partial charge in [-0.3, -0.25) is 0 Å². The van der Waals surface area contributed by atoms with Gasteiger partial charge in [0.05, 0.1) is 46.5 Å². The van der Waals surface area contributed by atoms with E-state index < -0.39 is 0 Å². The maximum Gasteiger partial charge on any atom is 0.0991 e. The molecular weight excluding hydrogens is 829 g/mol. The molecule has 0 heterocycles. The van der Waals surface area contributed by atoms with Crippen LogP contribution < -0.4 is 9.80 Å². The van der Waals surface area contributed by atoms with Crippen LogP contribution in [0.2, 0.25) is 0 Å². The second-order valence-electron chi connectivity index (χ2n) is 16.6. The van der Waals surface area contributed by atoms with Gasteiger partial charge in [-0.05, 0) is 187 Å². The van der Waals surface area contributed by atoms with Gasteiger partial charge in [0.15, 0.2) is 0 Å². The van der Waals surface area contributed by atoms with Gasteiger partial charge in [0.25, 0.3) is 0 Å². The topological polar surface area (TPSA) is 102 Å². The molecule has 11 rings (SSSR count). The van der Waals surface area contributed by atoms with Gasteiger partial charge in [0.2, 0.25) is 0 Å². The lowest BCUT2D eigenvalue weighted by Gasteiger charge is -2.28. The van der Waals surface area contributed by atoms with E-state index in [1.807, 2.05) is 97.1 Å². The maximum absolute atomic E-state index is 9.75. The molecule has 0 saturated carbocycles. The molecule has 0 unspecified atom stereocenters. The molecule has 11 aromatic carbocycles. The zero-order valence-corrected chi connectivity index (χ0v) is 36.5. The van der Waals surface area contributed by atoms with E-state index in [0.717, 1.165) is 99.5 Å². The molecule has 6 nitrogen and oxygen atoms in total. The third kappa shape index (κ3) is 7.15. The number of anilines is 6. The van der Waals surface area contributed by atoms with E-state index in [-0.39, 0.29) is 0 Å². The fourth-order valence-corrected chi connectivity index (χ4v) is 9.58. The van der Waals surface area contributed by atoms with Crippen LogP contribution in [0.3, 0.4) is 0 Å². The molecule has 68 heavy (non-hydrogen) atoms. The van der Waals surface area contributed by atoms with Crippen LogP contribution in [0.5, 0.6) is 0 Å². The fraction of sp³-hybridized carbons (Fsp3) is 0. The summed E-state index contributed by atoms with van der Waals surface area (Å²) in [6, 6.07) is 82.8. The summed E-state index contributed by atoms with van der Waals surface area (Å²) in [5, 5.41) is 47.7. The Kier molecular flexibility index (Phi) is 10.3. The number of rotatable bonds is 8. The number of hydrogen-bond acceptors (Lipinski definition) is 6. The maximum atomic E-state index is 9.75. The SMILES string of the molecule is N#Cc1ccc(N(c2ccc(C#N)cc2)c2ccc3c(-c4cccc5ccccc45)c4cc(N(c5ccc(C#N)cc5)c5ccc(C#N)cc5)ccc4c(-c4cccc5ccccc45)c3c2)cc1. The smallest absolute Gasteiger partial charge is 0.0991 e. The van der Waals surface area contributed by atoms with E-state index in [1.165, 1.54) is 0 Å². The van der Waals surface area contributed by atoms with Crippen molar-refractivity contribution in [3.05, 3.63) is 241 Å². The molecule has 0 bridgehead atoms. The Morgan fingerprint density at radius 3 is 0.868 bits per heavy atom. The van der Waals surface area contributed by atoms with E-state index in [1.54, 1.807) is 0 Å².